The van der Waals surface area contributed by atoms with Crippen LogP contribution >= 0.6 is 0 Å². The highest BCUT2D eigenvalue weighted by molar-refractivity contribution is 5.06. The van der Waals surface area contributed by atoms with Crippen LogP contribution in [0.15, 0.2) is 6.07 Å². The van der Waals surface area contributed by atoms with Crippen molar-refractivity contribution >= 4 is 0 Å². The quantitative estimate of drug-likeness (QED) is 0.740. The number of rotatable bonds is 2. The molecule has 0 aromatic carbocycles. The van der Waals surface area contributed by atoms with Crippen molar-refractivity contribution in [1.82, 2.24) is 15.1 Å². The molecule has 1 fully saturated rings. The maximum atomic E-state index is 4.45. The lowest BCUT2D eigenvalue weighted by atomic mass is 10.2. The van der Waals surface area contributed by atoms with E-state index in [0.717, 1.165) is 12.2 Å². The molecule has 0 saturated carbocycles. The summed E-state index contributed by atoms with van der Waals surface area (Å²) in [6.07, 6.45) is 2.60. The predicted molar refractivity (Wildman–Crippen MR) is 52.7 cm³/mol. The van der Waals surface area contributed by atoms with E-state index in [1.807, 2.05) is 6.92 Å². The Kier molecular flexibility index (Phi) is 2.36. The van der Waals surface area contributed by atoms with Gasteiger partial charge in [0.1, 0.15) is 0 Å². The van der Waals surface area contributed by atoms with E-state index in [0.29, 0.717) is 6.04 Å². The summed E-state index contributed by atoms with van der Waals surface area (Å²) >= 11 is 0. The van der Waals surface area contributed by atoms with Crippen molar-refractivity contribution in [2.24, 2.45) is 0 Å². The van der Waals surface area contributed by atoms with Gasteiger partial charge in [-0.05, 0) is 39.3 Å². The van der Waals surface area contributed by atoms with E-state index in [9.17, 15) is 0 Å². The van der Waals surface area contributed by atoms with E-state index in [2.05, 4.69) is 28.1 Å². The average molecular weight is 179 g/mol. The summed E-state index contributed by atoms with van der Waals surface area (Å²) in [5.74, 6) is 0. The predicted octanol–water partition coefficient (Wildman–Crippen LogP) is 1.25. The Labute approximate surface area is 79.1 Å². The molecule has 1 N–H and O–H groups in total. The van der Waals surface area contributed by atoms with Gasteiger partial charge in [-0.1, -0.05) is 0 Å². The average Bonchev–Trinajstić information content (AvgIpc) is 2.63. The van der Waals surface area contributed by atoms with Crippen molar-refractivity contribution in [3.63, 3.8) is 0 Å². The number of aryl methyl sites for hydroxylation is 2. The van der Waals surface area contributed by atoms with Gasteiger partial charge in [-0.25, -0.2) is 0 Å². The van der Waals surface area contributed by atoms with Crippen LogP contribution in [-0.4, -0.2) is 22.4 Å². The second-order valence-electron chi connectivity index (χ2n) is 3.90. The van der Waals surface area contributed by atoms with Crippen LogP contribution in [-0.2, 0) is 6.54 Å². The number of hydrogen-bond donors (Lipinski definition) is 1. The molecule has 0 bridgehead atoms. The molecule has 0 aliphatic carbocycles. The van der Waals surface area contributed by atoms with Crippen LogP contribution in [0.3, 0.4) is 0 Å². The van der Waals surface area contributed by atoms with E-state index in [1.54, 1.807) is 0 Å². The van der Waals surface area contributed by atoms with Crippen LogP contribution in [0.25, 0.3) is 0 Å². The number of aromatic nitrogens is 2. The van der Waals surface area contributed by atoms with Gasteiger partial charge in [-0.3, -0.25) is 4.68 Å². The van der Waals surface area contributed by atoms with Crippen molar-refractivity contribution < 1.29 is 0 Å². The highest BCUT2D eigenvalue weighted by Crippen LogP contribution is 2.09. The summed E-state index contributed by atoms with van der Waals surface area (Å²) in [7, 11) is 0. The Bertz CT molecular complexity index is 284. The minimum absolute atomic E-state index is 0.637. The van der Waals surface area contributed by atoms with Crippen LogP contribution in [0, 0.1) is 13.8 Å². The zero-order valence-electron chi connectivity index (χ0n) is 8.38. The zero-order valence-corrected chi connectivity index (χ0v) is 8.38. The molecule has 2 rings (SSSR count). The molecule has 0 unspecified atom stereocenters. The third-order valence-electron chi connectivity index (χ3n) is 2.66. The molecule has 1 aromatic heterocycles. The molecule has 3 heteroatoms. The maximum Gasteiger partial charge on any atom is 0.0596 e. The zero-order chi connectivity index (χ0) is 9.26. The Hall–Kier alpha value is -0.830. The van der Waals surface area contributed by atoms with Crippen molar-refractivity contribution in [2.75, 3.05) is 6.54 Å². The van der Waals surface area contributed by atoms with Gasteiger partial charge in [0.15, 0.2) is 0 Å². The molecule has 1 aliphatic rings. The van der Waals surface area contributed by atoms with Crippen molar-refractivity contribution in [2.45, 2.75) is 39.3 Å². The van der Waals surface area contributed by atoms with Crippen LogP contribution in [0.4, 0.5) is 0 Å². The molecule has 1 aliphatic heterocycles. The summed E-state index contributed by atoms with van der Waals surface area (Å²) in [5.41, 5.74) is 2.39. The number of nitrogens with one attached hydrogen (secondary N) is 1. The monoisotopic (exact) mass is 179 g/mol. The minimum atomic E-state index is 0.637. The third kappa shape index (κ3) is 1.91. The third-order valence-corrected chi connectivity index (χ3v) is 2.66. The lowest BCUT2D eigenvalue weighted by Crippen LogP contribution is -2.27. The van der Waals surface area contributed by atoms with Gasteiger partial charge in [-0.15, -0.1) is 0 Å². The molecule has 2 heterocycles. The topological polar surface area (TPSA) is 29.9 Å². The fourth-order valence-electron chi connectivity index (χ4n) is 1.98. The van der Waals surface area contributed by atoms with Gasteiger partial charge in [-0.2, -0.15) is 5.10 Å². The van der Waals surface area contributed by atoms with Gasteiger partial charge in [0.2, 0.25) is 0 Å². The molecule has 3 nitrogen and oxygen atoms in total. The van der Waals surface area contributed by atoms with E-state index >= 15 is 0 Å². The lowest BCUT2D eigenvalue weighted by Gasteiger charge is -2.11. The summed E-state index contributed by atoms with van der Waals surface area (Å²) in [6.45, 7) is 6.37. The van der Waals surface area contributed by atoms with Crippen molar-refractivity contribution in [3.8, 4) is 0 Å². The summed E-state index contributed by atoms with van der Waals surface area (Å²) in [4.78, 5) is 0. The Morgan fingerprint density at radius 1 is 1.62 bits per heavy atom. The molecular formula is C10H17N3. The molecule has 1 aromatic rings. The van der Waals surface area contributed by atoms with Crippen molar-refractivity contribution in [3.05, 3.63) is 17.5 Å². The first-order valence-electron chi connectivity index (χ1n) is 5.00. The normalized spacial score (nSPS) is 22.5. The van der Waals surface area contributed by atoms with E-state index in [1.165, 1.54) is 25.1 Å². The Morgan fingerprint density at radius 3 is 3.00 bits per heavy atom. The molecule has 72 valence electrons. The summed E-state index contributed by atoms with van der Waals surface area (Å²) in [5, 5.41) is 7.93. The fourth-order valence-corrected chi connectivity index (χ4v) is 1.98. The number of hydrogen-bond acceptors (Lipinski definition) is 2. The van der Waals surface area contributed by atoms with Gasteiger partial charge in [0.25, 0.3) is 0 Å². The second kappa shape index (κ2) is 3.50. The van der Waals surface area contributed by atoms with E-state index < -0.39 is 0 Å². The minimum Gasteiger partial charge on any atom is -0.312 e. The Balaban J connectivity index is 2.03. The second-order valence-corrected chi connectivity index (χ2v) is 3.90. The van der Waals surface area contributed by atoms with Crippen LogP contribution in [0.2, 0.25) is 0 Å². The SMILES string of the molecule is Cc1cc(C)n(C[C@H]2CCCN2)n1. The number of nitrogens with zero attached hydrogens (tertiary/aromatic N) is 2. The van der Waals surface area contributed by atoms with E-state index in [-0.39, 0.29) is 0 Å². The highest BCUT2D eigenvalue weighted by Gasteiger charge is 2.15. The van der Waals surface area contributed by atoms with Crippen molar-refractivity contribution in [1.29, 1.82) is 0 Å². The molecule has 0 spiro atoms. The lowest BCUT2D eigenvalue weighted by molar-refractivity contribution is 0.467. The molecule has 1 atom stereocenters. The maximum absolute atomic E-state index is 4.45. The molecule has 1 saturated heterocycles. The largest absolute Gasteiger partial charge is 0.312 e. The van der Waals surface area contributed by atoms with Crippen LogP contribution in [0.5, 0.6) is 0 Å². The molecule has 0 radical (unpaired) electrons. The highest BCUT2D eigenvalue weighted by atomic mass is 15.3. The van der Waals surface area contributed by atoms with Crippen LogP contribution < -0.4 is 5.32 Å². The first-order valence-corrected chi connectivity index (χ1v) is 5.00. The molecule has 13 heavy (non-hydrogen) atoms. The van der Waals surface area contributed by atoms with Gasteiger partial charge in [0, 0.05) is 11.7 Å². The standard InChI is InChI=1S/C10H17N3/c1-8-6-9(2)13(12-8)7-10-4-3-5-11-10/h6,10-11H,3-5,7H2,1-2H3/t10-/m1/s1. The van der Waals surface area contributed by atoms with E-state index in [4.69, 9.17) is 0 Å². The smallest absolute Gasteiger partial charge is 0.0596 e. The molecule has 0 amide bonds. The first kappa shape index (κ1) is 8.75. The van der Waals surface area contributed by atoms with Gasteiger partial charge >= 0.3 is 0 Å². The molecular weight excluding hydrogens is 162 g/mol. The first-order chi connectivity index (χ1) is 6.25. The fraction of sp³-hybridized carbons (Fsp3) is 0.700. The van der Waals surface area contributed by atoms with Crippen LogP contribution in [0.1, 0.15) is 24.2 Å². The Morgan fingerprint density at radius 2 is 2.46 bits per heavy atom. The van der Waals surface area contributed by atoms with Gasteiger partial charge < -0.3 is 5.32 Å². The summed E-state index contributed by atoms with van der Waals surface area (Å²) in [6, 6.07) is 2.77. The summed E-state index contributed by atoms with van der Waals surface area (Å²) < 4.78 is 2.11. The van der Waals surface area contributed by atoms with Gasteiger partial charge in [0.05, 0.1) is 12.2 Å².